The van der Waals surface area contributed by atoms with E-state index in [-0.39, 0.29) is 33.0 Å². The van der Waals surface area contributed by atoms with Crippen molar-refractivity contribution in [3.05, 3.63) is 56.7 Å². The molecular formula is C21H20N2O6S2. The molecule has 1 aromatic heterocycles. The van der Waals surface area contributed by atoms with E-state index in [1.54, 1.807) is 31.2 Å². The van der Waals surface area contributed by atoms with Crippen molar-refractivity contribution in [2.75, 3.05) is 0 Å². The molecule has 1 saturated heterocycles. The summed E-state index contributed by atoms with van der Waals surface area (Å²) in [6, 6.07) is 6.96. The molecule has 0 spiro atoms. The van der Waals surface area contributed by atoms with Gasteiger partial charge in [0, 0.05) is 12.1 Å². The largest absolute Gasteiger partial charge is 0.480 e. The quantitative estimate of drug-likeness (QED) is 0.270. The van der Waals surface area contributed by atoms with Gasteiger partial charge in [-0.25, -0.2) is 4.79 Å². The third-order valence-corrected chi connectivity index (χ3v) is 5.96. The number of carboxylic acids is 1. The molecule has 2 heterocycles. The molecule has 1 amide bonds. The second-order valence-electron chi connectivity index (χ2n) is 7.52. The average molecular weight is 461 g/mol. The number of hydrogen-bond donors (Lipinski definition) is 1. The number of nitro benzene ring substituents is 1. The predicted octanol–water partition coefficient (Wildman–Crippen LogP) is 4.86. The van der Waals surface area contributed by atoms with Gasteiger partial charge in [-0.05, 0) is 43.0 Å². The average Bonchev–Trinajstić information content (AvgIpc) is 3.24. The van der Waals surface area contributed by atoms with E-state index >= 15 is 0 Å². The number of aryl methyl sites for hydroxylation is 1. The second kappa shape index (κ2) is 9.03. The van der Waals surface area contributed by atoms with E-state index in [0.717, 1.165) is 22.2 Å². The molecule has 8 nitrogen and oxygen atoms in total. The molecule has 0 saturated carbocycles. The van der Waals surface area contributed by atoms with E-state index < -0.39 is 22.8 Å². The molecule has 1 atom stereocenters. The number of rotatable bonds is 7. The van der Waals surface area contributed by atoms with Crippen LogP contribution in [0, 0.1) is 23.0 Å². The Morgan fingerprint density at radius 1 is 1.35 bits per heavy atom. The molecule has 1 aromatic carbocycles. The number of carboxylic acid groups (broad SMARTS) is 1. The van der Waals surface area contributed by atoms with Crippen LogP contribution in [0.5, 0.6) is 0 Å². The molecule has 0 aliphatic carbocycles. The van der Waals surface area contributed by atoms with Gasteiger partial charge in [0.15, 0.2) is 0 Å². The van der Waals surface area contributed by atoms with E-state index in [2.05, 4.69) is 0 Å². The van der Waals surface area contributed by atoms with Gasteiger partial charge in [-0.2, -0.15) is 0 Å². The van der Waals surface area contributed by atoms with Crippen LogP contribution in [0.2, 0.25) is 0 Å². The first kappa shape index (κ1) is 22.7. The predicted molar refractivity (Wildman–Crippen MR) is 121 cm³/mol. The van der Waals surface area contributed by atoms with Crippen molar-refractivity contribution in [1.82, 2.24) is 4.90 Å². The lowest BCUT2D eigenvalue weighted by atomic mass is 10.0. The van der Waals surface area contributed by atoms with Crippen molar-refractivity contribution in [1.29, 1.82) is 0 Å². The number of furan rings is 1. The first-order valence-corrected chi connectivity index (χ1v) is 10.7. The van der Waals surface area contributed by atoms with Crippen LogP contribution in [-0.4, -0.2) is 37.2 Å². The fourth-order valence-electron chi connectivity index (χ4n) is 3.22. The third-order valence-electron chi connectivity index (χ3n) is 4.63. The van der Waals surface area contributed by atoms with E-state index in [1.807, 2.05) is 13.8 Å². The summed E-state index contributed by atoms with van der Waals surface area (Å²) < 4.78 is 5.90. The van der Waals surface area contributed by atoms with Crippen molar-refractivity contribution >= 4 is 51.9 Å². The highest BCUT2D eigenvalue weighted by Crippen LogP contribution is 2.37. The Balaban J connectivity index is 1.90. The van der Waals surface area contributed by atoms with Gasteiger partial charge in [-0.1, -0.05) is 43.9 Å². The van der Waals surface area contributed by atoms with E-state index in [4.69, 9.17) is 16.6 Å². The van der Waals surface area contributed by atoms with Gasteiger partial charge >= 0.3 is 5.97 Å². The molecular weight excluding hydrogens is 440 g/mol. The molecule has 0 bridgehead atoms. The van der Waals surface area contributed by atoms with Crippen LogP contribution >= 0.6 is 24.0 Å². The summed E-state index contributed by atoms with van der Waals surface area (Å²) in [5, 5.41) is 20.9. The maximum atomic E-state index is 12.9. The van der Waals surface area contributed by atoms with Crippen LogP contribution in [0.3, 0.4) is 0 Å². The summed E-state index contributed by atoms with van der Waals surface area (Å²) in [5.74, 6) is -0.953. The summed E-state index contributed by atoms with van der Waals surface area (Å²) in [4.78, 5) is 36.8. The number of carbonyl (C=O) groups is 2. The van der Waals surface area contributed by atoms with Gasteiger partial charge in [-0.15, -0.1) is 0 Å². The van der Waals surface area contributed by atoms with Crippen LogP contribution in [-0.2, 0) is 9.59 Å². The molecule has 10 heteroatoms. The molecule has 1 fully saturated rings. The molecule has 1 aliphatic heterocycles. The topological polar surface area (TPSA) is 114 Å². The maximum absolute atomic E-state index is 12.9. The summed E-state index contributed by atoms with van der Waals surface area (Å²) in [6.07, 6.45) is 1.74. The lowest BCUT2D eigenvalue weighted by molar-refractivity contribution is -0.384. The highest BCUT2D eigenvalue weighted by atomic mass is 32.2. The van der Waals surface area contributed by atoms with Gasteiger partial charge in [0.05, 0.1) is 15.4 Å². The number of nitrogens with zero attached hydrogens (tertiary/aromatic N) is 2. The number of thioether (sulfide) groups is 1. The number of amides is 1. The summed E-state index contributed by atoms with van der Waals surface area (Å²) in [6.45, 7) is 5.51. The first-order valence-electron chi connectivity index (χ1n) is 9.43. The van der Waals surface area contributed by atoms with E-state index in [9.17, 15) is 24.8 Å². The molecule has 0 unspecified atom stereocenters. The number of aliphatic carboxylic acids is 1. The van der Waals surface area contributed by atoms with E-state index in [1.165, 1.54) is 12.1 Å². The fraction of sp³-hybridized carbons (Fsp3) is 0.286. The van der Waals surface area contributed by atoms with Crippen molar-refractivity contribution in [2.24, 2.45) is 5.92 Å². The molecule has 1 N–H and O–H groups in total. The number of carbonyl (C=O) groups excluding carboxylic acids is 1. The van der Waals surface area contributed by atoms with Crippen LogP contribution in [0.4, 0.5) is 5.69 Å². The first-order chi connectivity index (χ1) is 14.6. The highest BCUT2D eigenvalue weighted by Gasteiger charge is 2.40. The Hall–Kier alpha value is -2.98. The molecule has 2 aromatic rings. The van der Waals surface area contributed by atoms with Crippen molar-refractivity contribution in [3.63, 3.8) is 0 Å². The normalized spacial score (nSPS) is 16.4. The fourth-order valence-corrected chi connectivity index (χ4v) is 4.55. The van der Waals surface area contributed by atoms with Crippen molar-refractivity contribution in [2.45, 2.75) is 33.2 Å². The minimum absolute atomic E-state index is 0.0626. The third kappa shape index (κ3) is 4.86. The number of hydrogen-bond acceptors (Lipinski definition) is 7. The molecule has 1 aliphatic rings. The Labute approximate surface area is 188 Å². The Kier molecular flexibility index (Phi) is 6.61. The summed E-state index contributed by atoms with van der Waals surface area (Å²) in [5.41, 5.74) is 0.996. The SMILES string of the molecule is Cc1ccc(-c2ccc(/C=C3/SC(=S)N([C@@H](CC(C)C)C(=O)O)C3=O)o2)c([N+](=O)[O-])c1. The molecule has 3 rings (SSSR count). The maximum Gasteiger partial charge on any atom is 0.326 e. The van der Waals surface area contributed by atoms with Gasteiger partial charge < -0.3 is 9.52 Å². The van der Waals surface area contributed by atoms with Crippen LogP contribution < -0.4 is 0 Å². The zero-order chi connectivity index (χ0) is 22.9. The standard InChI is InChI=1S/C21H20N2O6S2/c1-11(2)8-16(20(25)26)22-19(24)18(31-21(22)30)10-13-5-7-17(29-13)14-6-4-12(3)9-15(14)23(27)28/h4-7,9-11,16H,8H2,1-3H3,(H,25,26)/b18-10+/t16-/m0/s1. The Bertz CT molecular complexity index is 1110. The van der Waals surface area contributed by atoms with Crippen molar-refractivity contribution in [3.8, 4) is 11.3 Å². The van der Waals surface area contributed by atoms with Crippen LogP contribution in [0.15, 0.2) is 39.7 Å². The minimum Gasteiger partial charge on any atom is -0.480 e. The number of nitro groups is 1. The molecule has 162 valence electrons. The Morgan fingerprint density at radius 2 is 2.06 bits per heavy atom. The van der Waals surface area contributed by atoms with Gasteiger partial charge in [-0.3, -0.25) is 19.8 Å². The van der Waals surface area contributed by atoms with Gasteiger partial charge in [0.1, 0.15) is 21.9 Å². The summed E-state index contributed by atoms with van der Waals surface area (Å²) >= 11 is 6.26. The van der Waals surface area contributed by atoms with Crippen LogP contribution in [0.1, 0.15) is 31.6 Å². The molecule has 0 radical (unpaired) electrons. The van der Waals surface area contributed by atoms with Gasteiger partial charge in [0.25, 0.3) is 11.6 Å². The smallest absolute Gasteiger partial charge is 0.326 e. The Morgan fingerprint density at radius 3 is 2.68 bits per heavy atom. The lowest BCUT2D eigenvalue weighted by Gasteiger charge is -2.24. The minimum atomic E-state index is -1.11. The number of thiocarbonyl (C=S) groups is 1. The van der Waals surface area contributed by atoms with Crippen molar-refractivity contribution < 1.29 is 24.0 Å². The molecule has 31 heavy (non-hydrogen) atoms. The van der Waals surface area contributed by atoms with Gasteiger partial charge in [0.2, 0.25) is 0 Å². The number of benzene rings is 1. The second-order valence-corrected chi connectivity index (χ2v) is 9.19. The zero-order valence-corrected chi connectivity index (χ0v) is 18.7. The highest BCUT2D eigenvalue weighted by molar-refractivity contribution is 8.26. The van der Waals surface area contributed by atoms with E-state index in [0.29, 0.717) is 11.3 Å². The summed E-state index contributed by atoms with van der Waals surface area (Å²) in [7, 11) is 0. The lowest BCUT2D eigenvalue weighted by Crippen LogP contribution is -2.44. The zero-order valence-electron chi connectivity index (χ0n) is 17.0. The monoisotopic (exact) mass is 460 g/mol. The van der Waals surface area contributed by atoms with Crippen LogP contribution in [0.25, 0.3) is 17.4 Å².